The van der Waals surface area contributed by atoms with E-state index in [1.54, 1.807) is 0 Å². The highest BCUT2D eigenvalue weighted by Gasteiger charge is 2.17. The number of fused-ring (bicyclic) bond motifs is 2. The molecule has 7 rings (SSSR count). The predicted molar refractivity (Wildman–Crippen MR) is 169 cm³/mol. The highest BCUT2D eigenvalue weighted by molar-refractivity contribution is 9.10. The quantitative estimate of drug-likeness (QED) is 0.265. The van der Waals surface area contributed by atoms with Crippen LogP contribution in [-0.2, 0) is 16.0 Å². The van der Waals surface area contributed by atoms with Crippen molar-refractivity contribution in [3.8, 4) is 0 Å². The zero-order chi connectivity index (χ0) is 28.3. The number of aromatic amines is 1. The van der Waals surface area contributed by atoms with Crippen LogP contribution in [-0.4, -0.2) is 72.1 Å². The first-order valence-electron chi connectivity index (χ1n) is 14.1. The van der Waals surface area contributed by atoms with E-state index in [1.807, 2.05) is 26.0 Å². The number of rotatable bonds is 4. The Labute approximate surface area is 248 Å². The van der Waals surface area contributed by atoms with E-state index in [-0.39, 0.29) is 0 Å². The van der Waals surface area contributed by atoms with Crippen LogP contribution in [0.5, 0.6) is 0 Å². The first-order chi connectivity index (χ1) is 20.0. The first kappa shape index (κ1) is 27.6. The maximum absolute atomic E-state index is 6.31. The molecular formula is C31H36BrN7O2. The van der Waals surface area contributed by atoms with Crippen molar-refractivity contribution in [2.45, 2.75) is 20.4 Å². The molecule has 0 unspecified atom stereocenters. The second kappa shape index (κ2) is 12.1. The molecule has 3 aromatic carbocycles. The number of H-pyrrole nitrogens is 1. The number of aromatic nitrogens is 4. The lowest BCUT2D eigenvalue weighted by Crippen LogP contribution is -2.36. The summed E-state index contributed by atoms with van der Waals surface area (Å²) < 4.78 is 14.1. The van der Waals surface area contributed by atoms with Gasteiger partial charge < -0.3 is 34.6 Å². The molecule has 2 aromatic heterocycles. The smallest absolute Gasteiger partial charge is 0.112 e. The Morgan fingerprint density at radius 2 is 1.46 bits per heavy atom. The van der Waals surface area contributed by atoms with E-state index < -0.39 is 0 Å². The van der Waals surface area contributed by atoms with Crippen LogP contribution in [0.25, 0.3) is 22.1 Å². The number of anilines is 3. The molecule has 41 heavy (non-hydrogen) atoms. The molecule has 2 saturated heterocycles. The van der Waals surface area contributed by atoms with Crippen LogP contribution in [0.4, 0.5) is 17.1 Å². The van der Waals surface area contributed by atoms with E-state index in [1.165, 1.54) is 11.3 Å². The van der Waals surface area contributed by atoms with E-state index >= 15 is 0 Å². The molecule has 2 aliphatic rings. The summed E-state index contributed by atoms with van der Waals surface area (Å²) in [6.07, 6.45) is 0. The fourth-order valence-corrected chi connectivity index (χ4v) is 6.04. The highest BCUT2D eigenvalue weighted by atomic mass is 79.9. The molecule has 4 heterocycles. The first-order valence-corrected chi connectivity index (χ1v) is 14.9. The largest absolute Gasteiger partial charge is 0.397 e. The Kier molecular flexibility index (Phi) is 8.13. The molecule has 0 atom stereocenters. The molecular weight excluding hydrogens is 582 g/mol. The average molecular weight is 619 g/mol. The van der Waals surface area contributed by atoms with Crippen LogP contribution in [0.1, 0.15) is 17.2 Å². The van der Waals surface area contributed by atoms with E-state index in [0.29, 0.717) is 0 Å². The van der Waals surface area contributed by atoms with E-state index in [2.05, 4.69) is 87.7 Å². The lowest BCUT2D eigenvalue weighted by Gasteiger charge is -2.29. The number of morpholine rings is 2. The third kappa shape index (κ3) is 6.05. The summed E-state index contributed by atoms with van der Waals surface area (Å²) in [5.74, 6) is 1.93. The molecule has 2 aliphatic heterocycles. The van der Waals surface area contributed by atoms with Crippen LogP contribution < -0.4 is 15.5 Å². The number of hydrogen-bond donors (Lipinski definition) is 2. The SMILES string of the molecule is Cc1nc2c(Br)cc(N3CCOCC3)cc2[nH]1.Cc1nc2c(N)cc(N3CCOCC3)cc2n1Cc1ccccc1. The van der Waals surface area contributed by atoms with Gasteiger partial charge in [-0.05, 0) is 59.6 Å². The zero-order valence-corrected chi connectivity index (χ0v) is 25.2. The van der Waals surface area contributed by atoms with Crippen molar-refractivity contribution in [1.29, 1.82) is 0 Å². The summed E-state index contributed by atoms with van der Waals surface area (Å²) in [5.41, 5.74) is 14.7. The molecule has 10 heteroatoms. The summed E-state index contributed by atoms with van der Waals surface area (Å²) in [4.78, 5) is 17.1. The van der Waals surface area contributed by atoms with Crippen molar-refractivity contribution in [2.75, 3.05) is 68.1 Å². The summed E-state index contributed by atoms with van der Waals surface area (Å²) in [6, 6.07) is 19.0. The van der Waals surface area contributed by atoms with Gasteiger partial charge in [0.2, 0.25) is 0 Å². The van der Waals surface area contributed by atoms with Gasteiger partial charge in [0.1, 0.15) is 22.7 Å². The van der Waals surface area contributed by atoms with E-state index in [4.69, 9.17) is 15.2 Å². The monoisotopic (exact) mass is 617 g/mol. The molecule has 0 spiro atoms. The number of nitrogen functional groups attached to an aromatic ring is 1. The van der Waals surface area contributed by atoms with Gasteiger partial charge in [0.15, 0.2) is 0 Å². The van der Waals surface area contributed by atoms with Crippen molar-refractivity contribution < 1.29 is 9.47 Å². The van der Waals surface area contributed by atoms with Crippen molar-refractivity contribution in [3.05, 3.63) is 76.3 Å². The number of imidazole rings is 2. The van der Waals surface area contributed by atoms with Gasteiger partial charge in [-0.1, -0.05) is 30.3 Å². The highest BCUT2D eigenvalue weighted by Crippen LogP contribution is 2.30. The Morgan fingerprint density at radius 1 is 0.829 bits per heavy atom. The summed E-state index contributed by atoms with van der Waals surface area (Å²) >= 11 is 3.59. The van der Waals surface area contributed by atoms with Crippen LogP contribution >= 0.6 is 15.9 Å². The van der Waals surface area contributed by atoms with Crippen molar-refractivity contribution in [3.63, 3.8) is 0 Å². The number of benzene rings is 3. The summed E-state index contributed by atoms with van der Waals surface area (Å²) in [5, 5.41) is 0. The van der Waals surface area contributed by atoms with E-state index in [0.717, 1.165) is 109 Å². The van der Waals surface area contributed by atoms with Crippen LogP contribution in [0, 0.1) is 13.8 Å². The number of nitrogens with one attached hydrogen (secondary N) is 1. The molecule has 0 bridgehead atoms. The molecule has 0 radical (unpaired) electrons. The molecule has 0 saturated carbocycles. The Hall–Kier alpha value is -3.60. The number of halogens is 1. The second-order valence-corrected chi connectivity index (χ2v) is 11.3. The van der Waals surface area contributed by atoms with Crippen molar-refractivity contribution in [1.82, 2.24) is 19.5 Å². The van der Waals surface area contributed by atoms with Gasteiger partial charge in [-0.3, -0.25) is 0 Å². The van der Waals surface area contributed by atoms with Gasteiger partial charge in [0.25, 0.3) is 0 Å². The van der Waals surface area contributed by atoms with Gasteiger partial charge in [-0.2, -0.15) is 0 Å². The topological polar surface area (TPSA) is 97.5 Å². The molecule has 9 nitrogen and oxygen atoms in total. The minimum Gasteiger partial charge on any atom is -0.397 e. The predicted octanol–water partition coefficient (Wildman–Crippen LogP) is 5.28. The zero-order valence-electron chi connectivity index (χ0n) is 23.6. The lowest BCUT2D eigenvalue weighted by molar-refractivity contribution is 0.122. The number of aryl methyl sites for hydroxylation is 2. The third-order valence-corrected chi connectivity index (χ3v) is 8.24. The summed E-state index contributed by atoms with van der Waals surface area (Å²) in [6.45, 7) is 11.6. The molecule has 3 N–H and O–H groups in total. The molecule has 0 aliphatic carbocycles. The minimum absolute atomic E-state index is 0.740. The van der Waals surface area contributed by atoms with Gasteiger partial charge in [-0.15, -0.1) is 0 Å². The minimum atomic E-state index is 0.740. The summed E-state index contributed by atoms with van der Waals surface area (Å²) in [7, 11) is 0. The number of nitrogens with zero attached hydrogens (tertiary/aromatic N) is 5. The normalized spacial score (nSPS) is 15.8. The Bertz CT molecular complexity index is 1640. The maximum Gasteiger partial charge on any atom is 0.112 e. The lowest BCUT2D eigenvalue weighted by atomic mass is 10.2. The van der Waals surface area contributed by atoms with Gasteiger partial charge >= 0.3 is 0 Å². The Balaban J connectivity index is 0.000000156. The number of nitrogens with two attached hydrogens (primary N) is 1. The molecule has 214 valence electrons. The van der Waals surface area contributed by atoms with Gasteiger partial charge in [0, 0.05) is 48.6 Å². The Morgan fingerprint density at radius 3 is 2.12 bits per heavy atom. The molecule has 2 fully saturated rings. The van der Waals surface area contributed by atoms with Crippen LogP contribution in [0.2, 0.25) is 0 Å². The average Bonchev–Trinajstić information content (AvgIpc) is 3.54. The van der Waals surface area contributed by atoms with Crippen molar-refractivity contribution >= 4 is 55.1 Å². The second-order valence-electron chi connectivity index (χ2n) is 10.5. The molecule has 5 aromatic rings. The standard InChI is InChI=1S/C19H22N4O.C12H14BrN3O/c1-14-21-19-17(20)11-16(22-7-9-24-10-8-22)12-18(19)23(14)13-15-5-3-2-4-6-15;1-8-14-11-7-9(6-10(13)12(11)15-8)16-2-4-17-5-3-16/h2-6,11-12H,7-10,13,20H2,1H3;6-7H,2-5H2,1H3,(H,14,15). The molecule has 0 amide bonds. The van der Waals surface area contributed by atoms with Crippen LogP contribution in [0.3, 0.4) is 0 Å². The maximum atomic E-state index is 6.31. The van der Waals surface area contributed by atoms with Crippen LogP contribution in [0.15, 0.2) is 59.1 Å². The van der Waals surface area contributed by atoms with Crippen molar-refractivity contribution in [2.24, 2.45) is 0 Å². The fourth-order valence-electron chi connectivity index (χ4n) is 5.51. The number of hydrogen-bond acceptors (Lipinski definition) is 7. The van der Waals surface area contributed by atoms with Gasteiger partial charge in [0.05, 0.1) is 43.1 Å². The fraction of sp³-hybridized carbons (Fsp3) is 0.355. The van der Waals surface area contributed by atoms with E-state index in [9.17, 15) is 0 Å². The van der Waals surface area contributed by atoms with Gasteiger partial charge in [-0.25, -0.2) is 9.97 Å². The third-order valence-electron chi connectivity index (χ3n) is 7.64. The number of ether oxygens (including phenoxy) is 2.